The highest BCUT2D eigenvalue weighted by Gasteiger charge is 2.35. The smallest absolute Gasteiger partial charge is 0.255 e. The van der Waals surface area contributed by atoms with E-state index in [1.54, 1.807) is 24.3 Å². The predicted octanol–water partition coefficient (Wildman–Crippen LogP) is 4.38. The van der Waals surface area contributed by atoms with Crippen LogP contribution in [0.4, 0.5) is 24.5 Å². The minimum atomic E-state index is -2.53. The van der Waals surface area contributed by atoms with Crippen LogP contribution in [-0.4, -0.2) is 32.2 Å². The summed E-state index contributed by atoms with van der Waals surface area (Å²) in [6.45, 7) is -0.541. The van der Waals surface area contributed by atoms with Crippen molar-refractivity contribution in [2.75, 3.05) is 23.9 Å². The zero-order valence-electron chi connectivity index (χ0n) is 15.2. The van der Waals surface area contributed by atoms with Crippen molar-refractivity contribution in [3.63, 3.8) is 0 Å². The highest BCUT2D eigenvalue weighted by Crippen LogP contribution is 2.40. The SMILES string of the molecule is COc1ccc(F)c(C2CCC(=O)N2c2ccc(NCC(F)F)c(C=N)c2)c1. The van der Waals surface area contributed by atoms with Gasteiger partial charge in [-0.1, -0.05) is 0 Å². The molecular formula is C20H20F3N3O2. The number of methoxy groups -OCH3 is 1. The zero-order valence-corrected chi connectivity index (χ0v) is 15.2. The van der Waals surface area contributed by atoms with Crippen LogP contribution in [0.1, 0.15) is 30.0 Å². The van der Waals surface area contributed by atoms with Gasteiger partial charge in [-0.3, -0.25) is 4.79 Å². The van der Waals surface area contributed by atoms with E-state index < -0.39 is 24.8 Å². The molecule has 1 heterocycles. The third-order valence-electron chi connectivity index (χ3n) is 4.69. The average molecular weight is 391 g/mol. The van der Waals surface area contributed by atoms with Gasteiger partial charge >= 0.3 is 0 Å². The Morgan fingerprint density at radius 2 is 2.11 bits per heavy atom. The number of amides is 1. The van der Waals surface area contributed by atoms with Crippen molar-refractivity contribution in [3.8, 4) is 5.75 Å². The lowest BCUT2D eigenvalue weighted by molar-refractivity contribution is -0.117. The maximum Gasteiger partial charge on any atom is 0.255 e. The molecule has 0 aromatic heterocycles. The van der Waals surface area contributed by atoms with Crippen molar-refractivity contribution in [1.82, 2.24) is 0 Å². The number of nitrogens with one attached hydrogen (secondary N) is 2. The largest absolute Gasteiger partial charge is 0.497 e. The molecule has 3 rings (SSSR count). The number of hydrogen-bond donors (Lipinski definition) is 2. The molecule has 2 N–H and O–H groups in total. The van der Waals surface area contributed by atoms with Gasteiger partial charge in [-0.05, 0) is 42.8 Å². The maximum absolute atomic E-state index is 14.4. The molecule has 0 radical (unpaired) electrons. The van der Waals surface area contributed by atoms with Crippen LogP contribution in [0.2, 0.25) is 0 Å². The highest BCUT2D eigenvalue weighted by molar-refractivity contribution is 5.98. The normalized spacial score (nSPS) is 16.5. The van der Waals surface area contributed by atoms with Crippen LogP contribution in [0.3, 0.4) is 0 Å². The standard InChI is InChI=1S/C20H20F3N3O2/c1-28-14-3-4-16(21)15(9-14)18-6-7-20(27)26(18)13-2-5-17(12(8-13)10-24)25-11-19(22)23/h2-5,8-10,18-19,24-25H,6-7,11H2,1H3. The molecular weight excluding hydrogens is 371 g/mol. The fourth-order valence-corrected chi connectivity index (χ4v) is 3.37. The summed E-state index contributed by atoms with van der Waals surface area (Å²) < 4.78 is 44.5. The summed E-state index contributed by atoms with van der Waals surface area (Å²) in [5.74, 6) is -0.119. The molecule has 5 nitrogen and oxygen atoms in total. The van der Waals surface area contributed by atoms with E-state index >= 15 is 0 Å². The summed E-state index contributed by atoms with van der Waals surface area (Å²) in [5.41, 5.74) is 1.56. The summed E-state index contributed by atoms with van der Waals surface area (Å²) in [6.07, 6.45) is -0.807. The molecule has 2 aromatic rings. The second-order valence-electron chi connectivity index (χ2n) is 6.39. The molecule has 28 heavy (non-hydrogen) atoms. The molecule has 1 fully saturated rings. The van der Waals surface area contributed by atoms with E-state index in [0.29, 0.717) is 34.7 Å². The minimum absolute atomic E-state index is 0.170. The molecule has 1 aliphatic rings. The first kappa shape index (κ1) is 19.7. The number of carbonyl (C=O) groups is 1. The minimum Gasteiger partial charge on any atom is -0.497 e. The van der Waals surface area contributed by atoms with Crippen LogP contribution in [0, 0.1) is 11.2 Å². The fourth-order valence-electron chi connectivity index (χ4n) is 3.37. The Morgan fingerprint density at radius 3 is 2.79 bits per heavy atom. The Bertz CT molecular complexity index is 889. The Morgan fingerprint density at radius 1 is 1.32 bits per heavy atom. The van der Waals surface area contributed by atoms with Gasteiger partial charge in [0.05, 0.1) is 19.7 Å². The molecule has 0 spiro atoms. The lowest BCUT2D eigenvalue weighted by Gasteiger charge is -2.26. The molecule has 8 heteroatoms. The molecule has 1 atom stereocenters. The molecule has 0 aliphatic carbocycles. The van der Waals surface area contributed by atoms with E-state index in [1.807, 2.05) is 0 Å². The molecule has 1 aliphatic heterocycles. The average Bonchev–Trinajstić information content (AvgIpc) is 3.07. The second kappa shape index (κ2) is 8.33. The van der Waals surface area contributed by atoms with Crippen LogP contribution in [0.15, 0.2) is 36.4 Å². The number of alkyl halides is 2. The van der Waals surface area contributed by atoms with Crippen LogP contribution in [-0.2, 0) is 4.79 Å². The lowest BCUT2D eigenvalue weighted by Crippen LogP contribution is -2.28. The zero-order chi connectivity index (χ0) is 20.3. The van der Waals surface area contributed by atoms with Gasteiger partial charge in [0, 0.05) is 35.1 Å². The van der Waals surface area contributed by atoms with Gasteiger partial charge < -0.3 is 20.4 Å². The third-order valence-corrected chi connectivity index (χ3v) is 4.69. The molecule has 2 aromatic carbocycles. The predicted molar refractivity (Wildman–Crippen MR) is 101 cm³/mol. The van der Waals surface area contributed by atoms with E-state index in [4.69, 9.17) is 10.1 Å². The first-order valence-corrected chi connectivity index (χ1v) is 8.76. The summed E-state index contributed by atoms with van der Waals surface area (Å²) in [6, 6.07) is 8.58. The maximum atomic E-state index is 14.4. The highest BCUT2D eigenvalue weighted by atomic mass is 19.3. The van der Waals surface area contributed by atoms with Crippen molar-refractivity contribution in [3.05, 3.63) is 53.3 Å². The van der Waals surface area contributed by atoms with E-state index in [9.17, 15) is 18.0 Å². The molecule has 1 saturated heterocycles. The van der Waals surface area contributed by atoms with Gasteiger partial charge in [0.25, 0.3) is 6.43 Å². The van der Waals surface area contributed by atoms with E-state index in [0.717, 1.165) is 6.21 Å². The Hall–Kier alpha value is -3.03. The van der Waals surface area contributed by atoms with Gasteiger partial charge in [-0.2, -0.15) is 0 Å². The summed E-state index contributed by atoms with van der Waals surface area (Å²) >= 11 is 0. The van der Waals surface area contributed by atoms with E-state index in [2.05, 4.69) is 5.32 Å². The molecule has 0 saturated carbocycles. The second-order valence-corrected chi connectivity index (χ2v) is 6.39. The first-order valence-electron chi connectivity index (χ1n) is 8.76. The number of hydrogen-bond acceptors (Lipinski definition) is 4. The summed E-state index contributed by atoms with van der Waals surface area (Å²) in [5, 5.41) is 10.1. The van der Waals surface area contributed by atoms with E-state index in [-0.39, 0.29) is 12.3 Å². The lowest BCUT2D eigenvalue weighted by atomic mass is 10.0. The van der Waals surface area contributed by atoms with E-state index in [1.165, 1.54) is 24.1 Å². The van der Waals surface area contributed by atoms with Crippen LogP contribution < -0.4 is 15.0 Å². The Kier molecular flexibility index (Phi) is 5.87. The van der Waals surface area contributed by atoms with Crippen molar-refractivity contribution in [2.45, 2.75) is 25.3 Å². The van der Waals surface area contributed by atoms with Crippen molar-refractivity contribution in [2.24, 2.45) is 0 Å². The van der Waals surface area contributed by atoms with Gasteiger partial charge in [0.15, 0.2) is 0 Å². The molecule has 1 unspecified atom stereocenters. The van der Waals surface area contributed by atoms with Crippen molar-refractivity contribution in [1.29, 1.82) is 5.41 Å². The number of rotatable bonds is 7. The van der Waals surface area contributed by atoms with Gasteiger partial charge in [0.2, 0.25) is 5.91 Å². The molecule has 148 valence electrons. The monoisotopic (exact) mass is 391 g/mol. The number of benzene rings is 2. The summed E-state index contributed by atoms with van der Waals surface area (Å²) in [7, 11) is 1.48. The van der Waals surface area contributed by atoms with Crippen LogP contribution in [0.5, 0.6) is 5.75 Å². The van der Waals surface area contributed by atoms with Crippen LogP contribution in [0.25, 0.3) is 0 Å². The van der Waals surface area contributed by atoms with Crippen LogP contribution >= 0.6 is 0 Å². The van der Waals surface area contributed by atoms with Crippen molar-refractivity contribution >= 4 is 23.5 Å². The Balaban J connectivity index is 1.96. The quantitative estimate of drug-likeness (QED) is 0.689. The fraction of sp³-hybridized carbons (Fsp3) is 0.300. The van der Waals surface area contributed by atoms with Gasteiger partial charge in [-0.25, -0.2) is 13.2 Å². The third kappa shape index (κ3) is 3.95. The number of carbonyl (C=O) groups excluding carboxylic acids is 1. The molecule has 1 amide bonds. The van der Waals surface area contributed by atoms with Gasteiger partial charge in [-0.15, -0.1) is 0 Å². The topological polar surface area (TPSA) is 65.4 Å². The number of anilines is 2. The first-order chi connectivity index (χ1) is 13.4. The Labute approximate surface area is 160 Å². The molecule has 0 bridgehead atoms. The van der Waals surface area contributed by atoms with Crippen molar-refractivity contribution < 1.29 is 22.7 Å². The number of nitrogens with zero attached hydrogens (tertiary/aromatic N) is 1. The summed E-state index contributed by atoms with van der Waals surface area (Å²) in [4.78, 5) is 14.0. The number of ether oxygens (including phenoxy) is 1. The number of halogens is 3. The van der Waals surface area contributed by atoms with Gasteiger partial charge in [0.1, 0.15) is 11.6 Å².